The van der Waals surface area contributed by atoms with E-state index in [1.54, 1.807) is 36.5 Å². The molecule has 0 bridgehead atoms. The van der Waals surface area contributed by atoms with Crippen LogP contribution in [0, 0.1) is 0 Å². The maximum atomic E-state index is 12.1. The van der Waals surface area contributed by atoms with Gasteiger partial charge < -0.3 is 15.4 Å². The highest BCUT2D eigenvalue weighted by Crippen LogP contribution is 2.18. The first kappa shape index (κ1) is 20.6. The molecule has 0 radical (unpaired) electrons. The van der Waals surface area contributed by atoms with Crippen molar-refractivity contribution in [3.05, 3.63) is 59.1 Å². The number of anilines is 1. The van der Waals surface area contributed by atoms with E-state index in [0.717, 1.165) is 0 Å². The zero-order valence-electron chi connectivity index (χ0n) is 14.1. The van der Waals surface area contributed by atoms with E-state index >= 15 is 0 Å². The molecule has 2 rings (SSSR count). The SMILES string of the molecule is CC(Oc1ccc(Cl)cc1)C(=O)Nc1ccc(CNC(=O)C(F)(F)F)cc1. The molecule has 0 saturated heterocycles. The Morgan fingerprint density at radius 3 is 2.22 bits per heavy atom. The molecule has 0 spiro atoms. The van der Waals surface area contributed by atoms with Crippen molar-refractivity contribution in [2.75, 3.05) is 5.32 Å². The van der Waals surface area contributed by atoms with Gasteiger partial charge in [0.25, 0.3) is 5.91 Å². The third-order valence-corrected chi connectivity index (χ3v) is 3.68. The Kier molecular flexibility index (Phi) is 6.68. The molecule has 27 heavy (non-hydrogen) atoms. The van der Waals surface area contributed by atoms with Crippen molar-refractivity contribution in [3.8, 4) is 5.75 Å². The van der Waals surface area contributed by atoms with E-state index in [1.165, 1.54) is 24.3 Å². The van der Waals surface area contributed by atoms with E-state index in [-0.39, 0.29) is 6.54 Å². The molecule has 0 aromatic heterocycles. The van der Waals surface area contributed by atoms with Crippen LogP contribution in [0.2, 0.25) is 5.02 Å². The average Bonchev–Trinajstić information content (AvgIpc) is 2.61. The van der Waals surface area contributed by atoms with Crippen molar-refractivity contribution in [2.24, 2.45) is 0 Å². The van der Waals surface area contributed by atoms with Crippen LogP contribution in [-0.4, -0.2) is 24.1 Å². The Hall–Kier alpha value is -2.74. The molecule has 5 nitrogen and oxygen atoms in total. The Morgan fingerprint density at radius 1 is 1.07 bits per heavy atom. The van der Waals surface area contributed by atoms with E-state index in [4.69, 9.17) is 16.3 Å². The van der Waals surface area contributed by atoms with Gasteiger partial charge in [0.1, 0.15) is 5.75 Å². The third kappa shape index (κ3) is 6.49. The summed E-state index contributed by atoms with van der Waals surface area (Å²) in [6, 6.07) is 12.6. The zero-order chi connectivity index (χ0) is 20.0. The van der Waals surface area contributed by atoms with Crippen LogP contribution in [-0.2, 0) is 16.1 Å². The minimum Gasteiger partial charge on any atom is -0.481 e. The molecule has 2 amide bonds. The number of halogens is 4. The predicted molar refractivity (Wildman–Crippen MR) is 94.5 cm³/mol. The highest BCUT2D eigenvalue weighted by atomic mass is 35.5. The Bertz CT molecular complexity index is 793. The normalized spacial score (nSPS) is 12.2. The molecule has 9 heteroatoms. The number of hydrogen-bond donors (Lipinski definition) is 2. The van der Waals surface area contributed by atoms with Gasteiger partial charge in [0.2, 0.25) is 0 Å². The molecule has 0 aliphatic carbocycles. The summed E-state index contributed by atoms with van der Waals surface area (Å²) in [5.74, 6) is -1.92. The molecular formula is C18H16ClF3N2O3. The number of benzene rings is 2. The Balaban J connectivity index is 1.86. The molecule has 1 unspecified atom stereocenters. The van der Waals surface area contributed by atoms with Gasteiger partial charge in [0.05, 0.1) is 0 Å². The van der Waals surface area contributed by atoms with Crippen LogP contribution in [0.3, 0.4) is 0 Å². The molecule has 0 fully saturated rings. The van der Waals surface area contributed by atoms with Crippen LogP contribution in [0.25, 0.3) is 0 Å². The molecule has 0 aliphatic heterocycles. The van der Waals surface area contributed by atoms with Gasteiger partial charge in [-0.2, -0.15) is 13.2 Å². The molecule has 2 N–H and O–H groups in total. The number of hydrogen-bond acceptors (Lipinski definition) is 3. The average molecular weight is 401 g/mol. The molecule has 0 heterocycles. The van der Waals surface area contributed by atoms with Crippen molar-refractivity contribution in [3.63, 3.8) is 0 Å². The summed E-state index contributed by atoms with van der Waals surface area (Å²) >= 11 is 5.78. The minimum absolute atomic E-state index is 0.275. The van der Waals surface area contributed by atoms with Crippen LogP contribution in [0.4, 0.5) is 18.9 Å². The fourth-order valence-corrected chi connectivity index (χ4v) is 2.13. The molecule has 144 valence electrons. The van der Waals surface area contributed by atoms with Gasteiger partial charge in [-0.15, -0.1) is 0 Å². The summed E-state index contributed by atoms with van der Waals surface area (Å²) in [4.78, 5) is 22.9. The van der Waals surface area contributed by atoms with Gasteiger partial charge >= 0.3 is 12.1 Å². The van der Waals surface area contributed by atoms with Crippen molar-refractivity contribution in [2.45, 2.75) is 25.7 Å². The Morgan fingerprint density at radius 2 is 1.67 bits per heavy atom. The summed E-state index contributed by atoms with van der Waals surface area (Å²) in [7, 11) is 0. The fourth-order valence-electron chi connectivity index (χ4n) is 2.00. The molecule has 2 aromatic rings. The first-order valence-electron chi connectivity index (χ1n) is 7.82. The number of rotatable bonds is 6. The second kappa shape index (κ2) is 8.77. The summed E-state index contributed by atoms with van der Waals surface area (Å²) in [6.07, 6.45) is -5.70. The fraction of sp³-hybridized carbons (Fsp3) is 0.222. The van der Waals surface area contributed by atoms with Crippen molar-refractivity contribution in [1.82, 2.24) is 5.32 Å². The second-order valence-corrected chi connectivity index (χ2v) is 6.02. The van der Waals surface area contributed by atoms with Crippen LogP contribution >= 0.6 is 11.6 Å². The van der Waals surface area contributed by atoms with Crippen molar-refractivity contribution < 1.29 is 27.5 Å². The first-order chi connectivity index (χ1) is 12.6. The number of carbonyl (C=O) groups excluding carboxylic acids is 2. The molecule has 0 saturated carbocycles. The van der Waals surface area contributed by atoms with Crippen molar-refractivity contribution >= 4 is 29.1 Å². The highest BCUT2D eigenvalue weighted by Gasteiger charge is 2.38. The van der Waals surface area contributed by atoms with E-state index in [0.29, 0.717) is 22.0 Å². The van der Waals surface area contributed by atoms with Gasteiger partial charge in [-0.25, -0.2) is 0 Å². The standard InChI is InChI=1S/C18H16ClF3N2O3/c1-11(27-15-8-4-13(19)5-9-15)16(25)24-14-6-2-12(3-7-14)10-23-17(26)18(20,21)22/h2-9,11H,10H2,1H3,(H,23,26)(H,24,25). The van der Waals surface area contributed by atoms with Crippen LogP contribution in [0.15, 0.2) is 48.5 Å². The number of carbonyl (C=O) groups is 2. The maximum absolute atomic E-state index is 12.1. The van der Waals surface area contributed by atoms with Crippen LogP contribution in [0.1, 0.15) is 12.5 Å². The lowest BCUT2D eigenvalue weighted by Gasteiger charge is -2.15. The number of alkyl halides is 3. The molecular weight excluding hydrogens is 385 g/mol. The number of nitrogens with one attached hydrogen (secondary N) is 2. The summed E-state index contributed by atoms with van der Waals surface area (Å²) in [5.41, 5.74) is 0.897. The largest absolute Gasteiger partial charge is 0.481 e. The van der Waals surface area contributed by atoms with Gasteiger partial charge in [-0.05, 0) is 48.9 Å². The zero-order valence-corrected chi connectivity index (χ0v) is 14.9. The van der Waals surface area contributed by atoms with Gasteiger partial charge in [-0.3, -0.25) is 9.59 Å². The lowest BCUT2D eigenvalue weighted by atomic mass is 10.2. The predicted octanol–water partition coefficient (Wildman–Crippen LogP) is 3.92. The van der Waals surface area contributed by atoms with Gasteiger partial charge in [-0.1, -0.05) is 23.7 Å². The number of ether oxygens (including phenoxy) is 1. The van der Waals surface area contributed by atoms with E-state index in [9.17, 15) is 22.8 Å². The lowest BCUT2D eigenvalue weighted by molar-refractivity contribution is -0.173. The van der Waals surface area contributed by atoms with E-state index in [1.807, 2.05) is 0 Å². The van der Waals surface area contributed by atoms with Gasteiger partial charge in [0, 0.05) is 17.3 Å². The maximum Gasteiger partial charge on any atom is 0.471 e. The third-order valence-electron chi connectivity index (χ3n) is 3.43. The van der Waals surface area contributed by atoms with E-state index < -0.39 is 24.1 Å². The molecule has 2 aromatic carbocycles. The molecule has 1 atom stereocenters. The summed E-state index contributed by atoms with van der Waals surface area (Å²) < 4.78 is 41.9. The smallest absolute Gasteiger partial charge is 0.471 e. The lowest BCUT2D eigenvalue weighted by Crippen LogP contribution is -2.36. The van der Waals surface area contributed by atoms with E-state index in [2.05, 4.69) is 5.32 Å². The summed E-state index contributed by atoms with van der Waals surface area (Å²) in [5, 5.41) is 4.95. The van der Waals surface area contributed by atoms with Gasteiger partial charge in [0.15, 0.2) is 6.10 Å². The minimum atomic E-state index is -4.92. The second-order valence-electron chi connectivity index (χ2n) is 5.58. The monoisotopic (exact) mass is 400 g/mol. The van der Waals surface area contributed by atoms with Crippen LogP contribution in [0.5, 0.6) is 5.75 Å². The quantitative estimate of drug-likeness (QED) is 0.772. The topological polar surface area (TPSA) is 67.4 Å². The van der Waals surface area contributed by atoms with Crippen LogP contribution < -0.4 is 15.4 Å². The summed E-state index contributed by atoms with van der Waals surface area (Å²) in [6.45, 7) is 1.30. The Labute approximate surface area is 158 Å². The number of amides is 2. The first-order valence-corrected chi connectivity index (χ1v) is 8.20. The van der Waals surface area contributed by atoms with Crippen molar-refractivity contribution in [1.29, 1.82) is 0 Å². The molecule has 0 aliphatic rings. The highest BCUT2D eigenvalue weighted by molar-refractivity contribution is 6.30.